The molecular weight excluding hydrogens is 779 g/mol. The van der Waals surface area contributed by atoms with E-state index in [0.29, 0.717) is 44.7 Å². The Balaban J connectivity index is 1.23. The van der Waals surface area contributed by atoms with Crippen LogP contribution in [-0.2, 0) is 23.8 Å². The third kappa shape index (κ3) is 9.16. The van der Waals surface area contributed by atoms with E-state index in [4.69, 9.17) is 13.9 Å². The Labute approximate surface area is 339 Å². The van der Waals surface area contributed by atoms with Crippen LogP contribution in [0.25, 0.3) is 38.4 Å². The van der Waals surface area contributed by atoms with Gasteiger partial charge in [-0.25, -0.2) is 9.21 Å². The number of aromatic carboxylic acids is 1. The van der Waals surface area contributed by atoms with Gasteiger partial charge >= 0.3 is 17.1 Å². The normalized spacial score (nSPS) is 10.9. The summed E-state index contributed by atoms with van der Waals surface area (Å²) in [6.07, 6.45) is 0. The summed E-state index contributed by atoms with van der Waals surface area (Å²) < 4.78 is 18.3. The molecule has 0 bridgehead atoms. The van der Waals surface area contributed by atoms with Crippen molar-refractivity contribution in [2.75, 3.05) is 6.54 Å². The van der Waals surface area contributed by atoms with Crippen LogP contribution in [-0.4, -0.2) is 38.5 Å². The first kappa shape index (κ1) is 39.6. The molecule has 0 radical (unpaired) electrons. The molecule has 0 saturated carbocycles. The van der Waals surface area contributed by atoms with Crippen LogP contribution in [0.3, 0.4) is 0 Å². The van der Waals surface area contributed by atoms with E-state index in [1.165, 1.54) is 30.3 Å². The molecule has 0 saturated heterocycles. The van der Waals surface area contributed by atoms with Crippen molar-refractivity contribution in [3.63, 3.8) is 0 Å². The quantitative estimate of drug-likeness (QED) is 0.0445. The second-order valence-corrected chi connectivity index (χ2v) is 14.0. The Kier molecular flexibility index (Phi) is 11.8. The van der Waals surface area contributed by atoms with Crippen LogP contribution in [0.15, 0.2) is 138 Å². The van der Waals surface area contributed by atoms with E-state index in [1.807, 2.05) is 30.3 Å². The maximum atomic E-state index is 13.2. The number of benzene rings is 6. The molecule has 0 fully saturated rings. The van der Waals surface area contributed by atoms with E-state index in [9.17, 15) is 39.7 Å². The molecule has 15 heteroatoms. The molecule has 0 aliphatic heterocycles. The van der Waals surface area contributed by atoms with Crippen LogP contribution >= 0.6 is 11.8 Å². The number of rotatable bonds is 15. The van der Waals surface area contributed by atoms with Gasteiger partial charge in [-0.1, -0.05) is 85.0 Å². The van der Waals surface area contributed by atoms with Crippen LogP contribution in [0.2, 0.25) is 0 Å². The molecule has 1 amide bonds. The smallest absolute Gasteiger partial charge is 0.365 e. The number of carbonyl (C=O) groups is 3. The highest BCUT2D eigenvalue weighted by Gasteiger charge is 2.26. The van der Waals surface area contributed by atoms with Gasteiger partial charge in [0.05, 0.1) is 55.3 Å². The van der Waals surface area contributed by atoms with Crippen molar-refractivity contribution in [1.82, 2.24) is 0 Å². The first-order valence-electron chi connectivity index (χ1n) is 17.9. The third-order valence-electron chi connectivity index (χ3n) is 9.19. The molecule has 0 unspecified atom stereocenters. The average Bonchev–Trinajstić information content (AvgIpc) is 3.25. The molecule has 59 heavy (non-hydrogen) atoms. The molecule has 7 rings (SSSR count). The predicted octanol–water partition coefficient (Wildman–Crippen LogP) is 10.2. The fraction of sp³-hybridized carbons (Fsp3) is 0.0909. The summed E-state index contributed by atoms with van der Waals surface area (Å²) in [7, 11) is 0. The highest BCUT2D eigenvalue weighted by molar-refractivity contribution is 8.13. The van der Waals surface area contributed by atoms with Crippen molar-refractivity contribution >= 4 is 62.1 Å². The lowest BCUT2D eigenvalue weighted by Crippen LogP contribution is -2.08. The molecule has 6 aromatic carbocycles. The minimum Gasteiger partial charge on any atom is -0.642 e. The molecule has 0 atom stereocenters. The van der Waals surface area contributed by atoms with Gasteiger partial charge in [-0.3, -0.25) is 25.0 Å². The lowest BCUT2D eigenvalue weighted by molar-refractivity contribution is -0.386. The van der Waals surface area contributed by atoms with Gasteiger partial charge in [-0.05, 0) is 53.6 Å². The summed E-state index contributed by atoms with van der Waals surface area (Å²) in [5.74, 6) is -1.08. The summed E-state index contributed by atoms with van der Waals surface area (Å²) in [5, 5.41) is 38.2. The van der Waals surface area contributed by atoms with Gasteiger partial charge in [0.15, 0.2) is 5.12 Å². The van der Waals surface area contributed by atoms with Crippen molar-refractivity contribution in [3.8, 4) is 22.6 Å². The van der Waals surface area contributed by atoms with Gasteiger partial charge in [0.1, 0.15) is 24.7 Å². The summed E-state index contributed by atoms with van der Waals surface area (Å²) in [5.41, 5.74) is 2.33. The van der Waals surface area contributed by atoms with Gasteiger partial charge in [0, 0.05) is 29.0 Å². The number of hydrogen-bond acceptors (Lipinski definition) is 10. The lowest BCUT2D eigenvalue weighted by Gasteiger charge is -2.19. The first-order chi connectivity index (χ1) is 28.5. The number of nitro benzene ring substituents is 2. The highest BCUT2D eigenvalue weighted by atomic mass is 32.2. The van der Waals surface area contributed by atoms with Crippen LogP contribution in [0.1, 0.15) is 37.4 Å². The molecule has 0 spiro atoms. The molecule has 294 valence electrons. The molecule has 1 heterocycles. The Morgan fingerprint density at radius 1 is 0.678 bits per heavy atom. The summed E-state index contributed by atoms with van der Waals surface area (Å²) in [6, 6.07) is 35.6. The predicted molar refractivity (Wildman–Crippen MR) is 221 cm³/mol. The Morgan fingerprint density at radius 2 is 1.22 bits per heavy atom. The largest absolute Gasteiger partial charge is 0.642 e. The lowest BCUT2D eigenvalue weighted by atomic mass is 9.92. The van der Waals surface area contributed by atoms with Crippen molar-refractivity contribution in [2.24, 2.45) is 0 Å². The number of hydrogen-bond donors (Lipinski definition) is 1. The second-order valence-electron chi connectivity index (χ2n) is 13.0. The zero-order chi connectivity index (χ0) is 41.5. The summed E-state index contributed by atoms with van der Waals surface area (Å²) >= 11 is 1.03. The summed E-state index contributed by atoms with van der Waals surface area (Å²) in [4.78, 5) is 60.7. The minimum absolute atomic E-state index is 0.0300. The fourth-order valence-corrected chi connectivity index (χ4v) is 7.02. The van der Waals surface area contributed by atoms with E-state index in [2.05, 4.69) is 5.32 Å². The maximum absolute atomic E-state index is 13.2. The number of nitro groups is 2. The molecular formula is C44H31N3O11S. The average molecular weight is 810 g/mol. The molecule has 14 nitrogen and oxygen atoms in total. The minimum atomic E-state index is -1.33. The first-order valence-corrected chi connectivity index (χ1v) is 18.9. The number of para-hydroxylation sites is 2. The second kappa shape index (κ2) is 17.7. The van der Waals surface area contributed by atoms with Gasteiger partial charge in [0.25, 0.3) is 11.4 Å². The zero-order valence-corrected chi connectivity index (χ0v) is 31.6. The van der Waals surface area contributed by atoms with Gasteiger partial charge in [-0.15, -0.1) is 0 Å². The van der Waals surface area contributed by atoms with Crippen molar-refractivity contribution < 1.29 is 43.2 Å². The number of thioether (sulfide) groups is 1. The Morgan fingerprint density at radius 3 is 1.76 bits per heavy atom. The molecule has 7 aromatic rings. The third-order valence-corrected chi connectivity index (χ3v) is 10.1. The van der Waals surface area contributed by atoms with Crippen LogP contribution in [0.4, 0.5) is 11.4 Å². The number of amides is 1. The highest BCUT2D eigenvalue weighted by Crippen LogP contribution is 2.41. The topological polar surface area (TPSA) is 202 Å². The van der Waals surface area contributed by atoms with Crippen LogP contribution in [0.5, 0.6) is 11.5 Å². The zero-order valence-electron chi connectivity index (χ0n) is 30.8. The van der Waals surface area contributed by atoms with Crippen molar-refractivity contribution in [3.05, 3.63) is 187 Å². The number of carboxylic acid groups (broad SMARTS) is 1. The SMILES string of the molecule is O=C(C[N-]C(=O)c1ccc(-c2c3ccc(OCc4ccccc4[N+](=O)[O-])cc3[o+]c3cc(OCc4ccccc4[N+](=O)[O-])ccc23)c(C(=O)O)c1)SCc1ccccc1. The molecule has 1 N–H and O–H groups in total. The van der Waals surface area contributed by atoms with E-state index in [-0.39, 0.29) is 64.1 Å². The number of ether oxygens (including phenoxy) is 2. The standard InChI is InChI=1S/C44H31N3O11S/c48-41(59-26-27-8-2-1-3-9-27)23-45-43(49)28-14-17-33(36(20-28)44(50)51)42-34-18-15-31(56-24-29-10-4-6-12-37(29)46(52)53)21-39(34)58-40-22-32(16-19-35(40)42)57-25-30-11-5-7-13-38(30)47(54)55/h1-22H,23-26H2,(H-,45,49,50,51). The Bertz CT molecular complexity index is 2660. The van der Waals surface area contributed by atoms with Crippen LogP contribution < -0.4 is 9.47 Å². The number of carbonyl (C=O) groups excluding carboxylic acids is 2. The van der Waals surface area contributed by atoms with Crippen LogP contribution in [0, 0.1) is 20.2 Å². The fourth-order valence-electron chi connectivity index (χ4n) is 6.35. The molecule has 0 aliphatic carbocycles. The van der Waals surface area contributed by atoms with E-state index >= 15 is 0 Å². The van der Waals surface area contributed by atoms with Gasteiger partial charge < -0.3 is 24.7 Å². The number of carboxylic acids is 1. The van der Waals surface area contributed by atoms with Gasteiger partial charge in [0.2, 0.25) is 0 Å². The maximum Gasteiger partial charge on any atom is 0.365 e. The van der Waals surface area contributed by atoms with E-state index in [0.717, 1.165) is 17.3 Å². The molecule has 0 aliphatic rings. The number of nitrogens with zero attached hydrogens (tertiary/aromatic N) is 3. The number of fused-ring (bicyclic) bond motifs is 2. The van der Waals surface area contributed by atoms with Crippen molar-refractivity contribution in [2.45, 2.75) is 19.0 Å². The Hall–Kier alpha value is -7.65. The van der Waals surface area contributed by atoms with Gasteiger partial charge in [-0.2, -0.15) is 0 Å². The molecule has 1 aromatic heterocycles. The van der Waals surface area contributed by atoms with E-state index in [1.54, 1.807) is 72.8 Å². The monoisotopic (exact) mass is 809 g/mol. The van der Waals surface area contributed by atoms with E-state index < -0.39 is 21.7 Å². The van der Waals surface area contributed by atoms with Crippen molar-refractivity contribution in [1.29, 1.82) is 0 Å². The summed E-state index contributed by atoms with van der Waals surface area (Å²) in [6.45, 7) is -0.651.